The molecule has 1 unspecified atom stereocenters. The topological polar surface area (TPSA) is 43.1 Å². The van der Waals surface area contributed by atoms with Crippen molar-refractivity contribution in [3.63, 3.8) is 0 Å². The van der Waals surface area contributed by atoms with Crippen molar-refractivity contribution in [2.24, 2.45) is 5.73 Å². The van der Waals surface area contributed by atoms with Crippen LogP contribution in [0.25, 0.3) is 0 Å². The highest BCUT2D eigenvalue weighted by Gasteiger charge is 2.16. The molecular formula is C12H23NO. The number of carbonyl (C=O) groups excluding carboxylic acids is 1. The number of allylic oxidation sites excluding steroid dienone is 1. The molecule has 0 spiro atoms. The van der Waals surface area contributed by atoms with Crippen molar-refractivity contribution < 1.29 is 4.79 Å². The van der Waals surface area contributed by atoms with Gasteiger partial charge in [0.2, 0.25) is 0 Å². The van der Waals surface area contributed by atoms with Gasteiger partial charge in [-0.3, -0.25) is 4.79 Å². The summed E-state index contributed by atoms with van der Waals surface area (Å²) in [6, 6.07) is -0.357. The van der Waals surface area contributed by atoms with Crippen LogP contribution in [0.1, 0.15) is 53.4 Å². The molecule has 0 heterocycles. The lowest BCUT2D eigenvalue weighted by Gasteiger charge is -2.13. The van der Waals surface area contributed by atoms with Crippen LogP contribution in [-0.4, -0.2) is 11.8 Å². The quantitative estimate of drug-likeness (QED) is 0.665. The van der Waals surface area contributed by atoms with E-state index in [2.05, 4.69) is 20.8 Å². The van der Waals surface area contributed by atoms with E-state index in [9.17, 15) is 4.79 Å². The summed E-state index contributed by atoms with van der Waals surface area (Å²) in [5, 5.41) is 0. The minimum absolute atomic E-state index is 0.130. The molecule has 0 rings (SSSR count). The molecule has 82 valence electrons. The zero-order chi connectivity index (χ0) is 11.1. The molecule has 0 aromatic carbocycles. The van der Waals surface area contributed by atoms with Crippen LogP contribution in [-0.2, 0) is 4.79 Å². The van der Waals surface area contributed by atoms with E-state index in [0.29, 0.717) is 0 Å². The van der Waals surface area contributed by atoms with E-state index in [1.54, 1.807) is 6.92 Å². The summed E-state index contributed by atoms with van der Waals surface area (Å²) in [4.78, 5) is 11.8. The monoisotopic (exact) mass is 197 g/mol. The molecule has 2 N–H and O–H groups in total. The number of carbonyl (C=O) groups is 1. The van der Waals surface area contributed by atoms with E-state index in [1.165, 1.54) is 5.57 Å². The number of hydrogen-bond acceptors (Lipinski definition) is 2. The van der Waals surface area contributed by atoms with Gasteiger partial charge in [-0.05, 0) is 31.8 Å². The van der Waals surface area contributed by atoms with Crippen molar-refractivity contribution in [1.82, 2.24) is 0 Å². The van der Waals surface area contributed by atoms with E-state index < -0.39 is 0 Å². The van der Waals surface area contributed by atoms with Gasteiger partial charge in [-0.1, -0.05) is 32.8 Å². The van der Waals surface area contributed by atoms with E-state index >= 15 is 0 Å². The molecule has 0 bridgehead atoms. The Morgan fingerprint density at radius 3 is 2.00 bits per heavy atom. The van der Waals surface area contributed by atoms with Gasteiger partial charge in [-0.2, -0.15) is 0 Å². The van der Waals surface area contributed by atoms with Gasteiger partial charge in [0, 0.05) is 0 Å². The lowest BCUT2D eigenvalue weighted by atomic mass is 9.93. The van der Waals surface area contributed by atoms with Crippen molar-refractivity contribution in [2.75, 3.05) is 0 Å². The van der Waals surface area contributed by atoms with Crippen LogP contribution in [0.5, 0.6) is 0 Å². The fourth-order valence-electron chi connectivity index (χ4n) is 1.68. The molecule has 0 aromatic heterocycles. The highest BCUT2D eigenvalue weighted by Crippen LogP contribution is 2.19. The van der Waals surface area contributed by atoms with Gasteiger partial charge in [-0.25, -0.2) is 0 Å². The molecule has 0 saturated carbocycles. The summed E-state index contributed by atoms with van der Waals surface area (Å²) in [7, 11) is 0. The zero-order valence-electron chi connectivity index (χ0n) is 9.89. The zero-order valence-corrected chi connectivity index (χ0v) is 9.89. The number of nitrogens with two attached hydrogens (primary N) is 1. The summed E-state index contributed by atoms with van der Waals surface area (Å²) in [5.41, 5.74) is 7.88. The number of hydrogen-bond donors (Lipinski definition) is 1. The Bertz CT molecular complexity index is 210. The first kappa shape index (κ1) is 13.4. The van der Waals surface area contributed by atoms with Crippen LogP contribution in [0.3, 0.4) is 0 Å². The van der Waals surface area contributed by atoms with Gasteiger partial charge in [0.1, 0.15) is 0 Å². The number of ketones is 1. The largest absolute Gasteiger partial charge is 0.321 e. The Hall–Kier alpha value is -0.630. The minimum Gasteiger partial charge on any atom is -0.321 e. The molecule has 0 aliphatic carbocycles. The van der Waals surface area contributed by atoms with E-state index in [1.807, 2.05) is 0 Å². The molecule has 1 atom stereocenters. The van der Waals surface area contributed by atoms with Crippen molar-refractivity contribution >= 4 is 5.78 Å². The molecule has 0 radical (unpaired) electrons. The van der Waals surface area contributed by atoms with E-state index in [4.69, 9.17) is 5.73 Å². The van der Waals surface area contributed by atoms with Crippen molar-refractivity contribution in [3.05, 3.63) is 11.1 Å². The third-order valence-corrected chi connectivity index (χ3v) is 2.49. The highest BCUT2D eigenvalue weighted by molar-refractivity contribution is 5.99. The van der Waals surface area contributed by atoms with Gasteiger partial charge in [0.25, 0.3) is 0 Å². The highest BCUT2D eigenvalue weighted by atomic mass is 16.1. The Morgan fingerprint density at radius 1 is 1.21 bits per heavy atom. The van der Waals surface area contributed by atoms with Crippen LogP contribution in [0.2, 0.25) is 0 Å². The molecular weight excluding hydrogens is 174 g/mol. The van der Waals surface area contributed by atoms with Crippen LogP contribution in [0.4, 0.5) is 0 Å². The van der Waals surface area contributed by atoms with Crippen LogP contribution >= 0.6 is 0 Å². The fraction of sp³-hybridized carbons (Fsp3) is 0.750. The Morgan fingerprint density at radius 2 is 1.71 bits per heavy atom. The van der Waals surface area contributed by atoms with Crippen LogP contribution < -0.4 is 5.73 Å². The predicted molar refractivity (Wildman–Crippen MR) is 61.2 cm³/mol. The maximum absolute atomic E-state index is 11.8. The normalized spacial score (nSPS) is 12.4. The molecule has 0 saturated heterocycles. The molecule has 2 heteroatoms. The smallest absolute Gasteiger partial charge is 0.175 e. The fourth-order valence-corrected chi connectivity index (χ4v) is 1.68. The average molecular weight is 197 g/mol. The van der Waals surface area contributed by atoms with Gasteiger partial charge < -0.3 is 5.73 Å². The van der Waals surface area contributed by atoms with Gasteiger partial charge in [0.15, 0.2) is 5.78 Å². The van der Waals surface area contributed by atoms with Crippen molar-refractivity contribution in [1.29, 1.82) is 0 Å². The third-order valence-electron chi connectivity index (χ3n) is 2.49. The first-order valence-corrected chi connectivity index (χ1v) is 5.59. The van der Waals surface area contributed by atoms with Crippen molar-refractivity contribution in [2.45, 2.75) is 59.4 Å². The van der Waals surface area contributed by atoms with Crippen LogP contribution in [0, 0.1) is 0 Å². The number of Topliss-reactive ketones (excluding diaryl/α,β-unsaturated/α-hetero) is 1. The first-order valence-electron chi connectivity index (χ1n) is 5.59. The lowest BCUT2D eigenvalue weighted by Crippen LogP contribution is -2.28. The SMILES string of the molecule is CCCC(C(=O)C(C)N)=C(CC)CC. The standard InChI is InChI=1S/C12H23NO/c1-5-8-11(10(6-2)7-3)12(14)9(4)13/h9H,5-8,13H2,1-4H3. The Kier molecular flexibility index (Phi) is 6.46. The second-order valence-corrected chi connectivity index (χ2v) is 3.69. The summed E-state index contributed by atoms with van der Waals surface area (Å²) in [6.45, 7) is 8.06. The van der Waals surface area contributed by atoms with E-state index in [0.717, 1.165) is 31.3 Å². The summed E-state index contributed by atoms with van der Waals surface area (Å²) in [5.74, 6) is 0.130. The Labute approximate surface area is 87.6 Å². The van der Waals surface area contributed by atoms with Gasteiger partial charge in [0.05, 0.1) is 6.04 Å². The van der Waals surface area contributed by atoms with Crippen molar-refractivity contribution in [3.8, 4) is 0 Å². The molecule has 0 aliphatic rings. The summed E-state index contributed by atoms with van der Waals surface area (Å²) < 4.78 is 0. The first-order chi connectivity index (χ1) is 6.58. The predicted octanol–water partition coefficient (Wildman–Crippen LogP) is 2.82. The van der Waals surface area contributed by atoms with Crippen LogP contribution in [0.15, 0.2) is 11.1 Å². The van der Waals surface area contributed by atoms with Gasteiger partial charge in [-0.15, -0.1) is 0 Å². The van der Waals surface area contributed by atoms with E-state index in [-0.39, 0.29) is 11.8 Å². The van der Waals surface area contributed by atoms with Gasteiger partial charge >= 0.3 is 0 Å². The molecule has 0 fully saturated rings. The summed E-state index contributed by atoms with van der Waals surface area (Å²) >= 11 is 0. The second-order valence-electron chi connectivity index (χ2n) is 3.69. The molecule has 0 aromatic rings. The minimum atomic E-state index is -0.357. The average Bonchev–Trinajstić information content (AvgIpc) is 2.17. The molecule has 2 nitrogen and oxygen atoms in total. The Balaban J connectivity index is 4.90. The summed E-state index contributed by atoms with van der Waals surface area (Å²) in [6.07, 6.45) is 3.81. The maximum atomic E-state index is 11.8. The second kappa shape index (κ2) is 6.77. The molecule has 14 heavy (non-hydrogen) atoms. The molecule has 0 aliphatic heterocycles. The lowest BCUT2D eigenvalue weighted by molar-refractivity contribution is -0.116. The third kappa shape index (κ3) is 3.62. The number of rotatable bonds is 6. The molecule has 0 amide bonds. The maximum Gasteiger partial charge on any atom is 0.175 e.